The van der Waals surface area contributed by atoms with Crippen molar-refractivity contribution in [2.24, 2.45) is 16.7 Å². The summed E-state index contributed by atoms with van der Waals surface area (Å²) in [6, 6.07) is 17.6. The topological polar surface area (TPSA) is 157 Å². The molecule has 32 heavy (non-hydrogen) atoms. The van der Waals surface area contributed by atoms with Crippen molar-refractivity contribution >= 4 is 23.2 Å². The van der Waals surface area contributed by atoms with Gasteiger partial charge in [-0.1, -0.05) is 42.8 Å². The van der Waals surface area contributed by atoms with Crippen LogP contribution in [-0.2, 0) is 15.3 Å². The van der Waals surface area contributed by atoms with Gasteiger partial charge in [0.05, 0.1) is 29.0 Å². The summed E-state index contributed by atoms with van der Waals surface area (Å²) in [5, 5.41) is 50.9. The summed E-state index contributed by atoms with van der Waals surface area (Å²) in [7, 11) is 0. The van der Waals surface area contributed by atoms with Gasteiger partial charge in [0.15, 0.2) is 5.41 Å². The number of nitriles is 3. The number of rotatable bonds is 3. The van der Waals surface area contributed by atoms with Gasteiger partial charge in [0.1, 0.15) is 6.10 Å². The third kappa shape index (κ3) is 2.42. The fraction of sp³-hybridized carbons (Fsp3) is 0.273. The van der Waals surface area contributed by atoms with Gasteiger partial charge in [0.2, 0.25) is 17.1 Å². The SMILES string of the molecule is CC1C2(c3cccc(Cl)c3)OC(=N)C1(C#N)C(C#N)(C#N)C(c1cccc([N+](=O)[O-])c1)O2. The van der Waals surface area contributed by atoms with E-state index in [-0.39, 0.29) is 11.3 Å². The highest BCUT2D eigenvalue weighted by atomic mass is 35.5. The molecule has 2 fully saturated rings. The normalized spacial score (nSPS) is 29.8. The molecular formula is C22H14ClN5O4. The maximum absolute atomic E-state index is 11.3. The van der Waals surface area contributed by atoms with Crippen molar-refractivity contribution in [1.29, 1.82) is 21.2 Å². The van der Waals surface area contributed by atoms with Gasteiger partial charge >= 0.3 is 0 Å². The zero-order valence-corrected chi connectivity index (χ0v) is 17.3. The van der Waals surface area contributed by atoms with Crippen LogP contribution in [0, 0.1) is 66.3 Å². The lowest BCUT2D eigenvalue weighted by molar-refractivity contribution is -0.385. The number of hydrogen-bond acceptors (Lipinski definition) is 8. The predicted molar refractivity (Wildman–Crippen MR) is 110 cm³/mol. The fourth-order valence-electron chi connectivity index (χ4n) is 4.68. The lowest BCUT2D eigenvalue weighted by Crippen LogP contribution is -2.57. The molecule has 9 nitrogen and oxygen atoms in total. The van der Waals surface area contributed by atoms with Gasteiger partial charge in [-0.05, 0) is 17.7 Å². The standard InChI is InChI=1S/C22H14ClN5O4/c1-13-21(12-26)19(27)32-22(13,15-5-3-6-16(23)9-15)31-18(20(21,10-24)11-25)14-4-2-7-17(8-14)28(29)30/h2-9,13,18,27H,1H3. The zero-order valence-electron chi connectivity index (χ0n) is 16.6. The van der Waals surface area contributed by atoms with Crippen molar-refractivity contribution in [3.05, 3.63) is 74.8 Å². The largest absolute Gasteiger partial charge is 0.443 e. The van der Waals surface area contributed by atoms with Crippen molar-refractivity contribution in [3.8, 4) is 18.2 Å². The van der Waals surface area contributed by atoms with Gasteiger partial charge in [-0.15, -0.1) is 0 Å². The molecule has 2 aromatic carbocycles. The van der Waals surface area contributed by atoms with Crippen molar-refractivity contribution in [1.82, 2.24) is 0 Å². The highest BCUT2D eigenvalue weighted by Gasteiger charge is 2.79. The maximum atomic E-state index is 11.3. The number of nitro benzene ring substituents is 1. The van der Waals surface area contributed by atoms with Crippen molar-refractivity contribution in [3.63, 3.8) is 0 Å². The van der Waals surface area contributed by atoms with Crippen LogP contribution in [0.4, 0.5) is 5.69 Å². The van der Waals surface area contributed by atoms with Gasteiger partial charge in [-0.3, -0.25) is 15.5 Å². The van der Waals surface area contributed by atoms with E-state index in [1.54, 1.807) is 31.2 Å². The van der Waals surface area contributed by atoms with Crippen LogP contribution in [0.2, 0.25) is 5.02 Å². The van der Waals surface area contributed by atoms with Crippen molar-refractivity contribution in [2.75, 3.05) is 0 Å². The molecule has 2 bridgehead atoms. The van der Waals surface area contributed by atoms with E-state index >= 15 is 0 Å². The molecule has 0 aromatic heterocycles. The number of benzene rings is 2. The average Bonchev–Trinajstić information content (AvgIpc) is 2.95. The van der Waals surface area contributed by atoms with E-state index < -0.39 is 39.5 Å². The molecule has 4 unspecified atom stereocenters. The first-order valence-electron chi connectivity index (χ1n) is 9.42. The smallest absolute Gasteiger partial charge is 0.269 e. The first-order chi connectivity index (χ1) is 15.2. The minimum Gasteiger partial charge on any atom is -0.443 e. The van der Waals surface area contributed by atoms with Crippen LogP contribution in [0.3, 0.4) is 0 Å². The Balaban J connectivity index is 2.05. The number of nitro groups is 1. The number of non-ortho nitro benzene ring substituents is 1. The number of nitrogens with one attached hydrogen (secondary N) is 1. The van der Waals surface area contributed by atoms with Crippen molar-refractivity contribution < 1.29 is 14.4 Å². The number of hydrogen-bond donors (Lipinski definition) is 1. The summed E-state index contributed by atoms with van der Waals surface area (Å²) in [5.41, 5.74) is -3.98. The lowest BCUT2D eigenvalue weighted by Gasteiger charge is -2.48. The molecule has 4 atom stereocenters. The monoisotopic (exact) mass is 447 g/mol. The molecular weight excluding hydrogens is 434 g/mol. The fourth-order valence-corrected chi connectivity index (χ4v) is 4.87. The molecule has 0 saturated carbocycles. The molecule has 0 radical (unpaired) electrons. The van der Waals surface area contributed by atoms with E-state index in [0.29, 0.717) is 10.6 Å². The van der Waals surface area contributed by atoms with Gasteiger partial charge in [-0.25, -0.2) is 0 Å². The molecule has 158 valence electrons. The maximum Gasteiger partial charge on any atom is 0.269 e. The molecule has 2 saturated heterocycles. The summed E-state index contributed by atoms with van der Waals surface area (Å²) in [4.78, 5) is 10.7. The molecule has 2 aliphatic heterocycles. The van der Waals surface area contributed by atoms with Crippen LogP contribution < -0.4 is 0 Å². The van der Waals surface area contributed by atoms with Crippen LogP contribution >= 0.6 is 11.6 Å². The lowest BCUT2D eigenvalue weighted by atomic mass is 9.53. The van der Waals surface area contributed by atoms with E-state index in [9.17, 15) is 25.9 Å². The number of fused-ring (bicyclic) bond motifs is 2. The van der Waals surface area contributed by atoms with Crippen LogP contribution in [0.1, 0.15) is 24.2 Å². The summed E-state index contributed by atoms with van der Waals surface area (Å²) in [5.74, 6) is -3.26. The summed E-state index contributed by atoms with van der Waals surface area (Å²) in [6.07, 6.45) is -1.44. The second-order valence-corrected chi connectivity index (χ2v) is 8.07. The Hall–Kier alpha value is -3.97. The van der Waals surface area contributed by atoms with E-state index in [1.807, 2.05) is 18.2 Å². The summed E-state index contributed by atoms with van der Waals surface area (Å²) < 4.78 is 12.1. The minimum atomic E-state index is -2.22. The third-order valence-corrected chi connectivity index (χ3v) is 6.51. The Labute approximate surface area is 187 Å². The second kappa shape index (κ2) is 7.03. The van der Waals surface area contributed by atoms with Gasteiger partial charge in [0, 0.05) is 22.7 Å². The van der Waals surface area contributed by atoms with Gasteiger partial charge < -0.3 is 9.47 Å². The van der Waals surface area contributed by atoms with Crippen LogP contribution in [0.25, 0.3) is 0 Å². The van der Waals surface area contributed by atoms with Gasteiger partial charge in [-0.2, -0.15) is 15.8 Å². The van der Waals surface area contributed by atoms with Crippen LogP contribution in [0.15, 0.2) is 48.5 Å². The molecule has 10 heteroatoms. The molecule has 2 heterocycles. The van der Waals surface area contributed by atoms with Crippen molar-refractivity contribution in [2.45, 2.75) is 18.8 Å². The number of nitrogens with zero attached hydrogens (tertiary/aromatic N) is 4. The molecule has 2 aromatic rings. The quantitative estimate of drug-likeness (QED) is 0.540. The minimum absolute atomic E-state index is 0.138. The van der Waals surface area contributed by atoms with Gasteiger partial charge in [0.25, 0.3) is 5.69 Å². The predicted octanol–water partition coefficient (Wildman–Crippen LogP) is 4.36. The van der Waals surface area contributed by atoms with E-state index in [0.717, 1.165) is 0 Å². The highest BCUT2D eigenvalue weighted by Crippen LogP contribution is 2.69. The third-order valence-electron chi connectivity index (χ3n) is 6.28. The number of halogens is 1. The molecule has 1 N–H and O–H groups in total. The average molecular weight is 448 g/mol. The Morgan fingerprint density at radius 3 is 2.41 bits per heavy atom. The second-order valence-electron chi connectivity index (χ2n) is 7.63. The molecule has 0 aliphatic carbocycles. The summed E-state index contributed by atoms with van der Waals surface area (Å²) in [6.45, 7) is 1.57. The van der Waals surface area contributed by atoms with E-state index in [4.69, 9.17) is 26.5 Å². The zero-order chi connectivity index (χ0) is 23.3. The molecule has 2 aliphatic rings. The summed E-state index contributed by atoms with van der Waals surface area (Å²) >= 11 is 6.16. The Morgan fingerprint density at radius 1 is 1.12 bits per heavy atom. The number of ether oxygens (including phenoxy) is 2. The van der Waals surface area contributed by atoms with Crippen LogP contribution in [0.5, 0.6) is 0 Å². The molecule has 0 amide bonds. The van der Waals surface area contributed by atoms with Crippen LogP contribution in [-0.4, -0.2) is 10.8 Å². The van der Waals surface area contributed by atoms with E-state index in [2.05, 4.69) is 0 Å². The molecule has 4 rings (SSSR count). The Bertz CT molecular complexity index is 1280. The first-order valence-corrected chi connectivity index (χ1v) is 9.80. The Kier molecular flexibility index (Phi) is 4.67. The van der Waals surface area contributed by atoms with E-state index in [1.165, 1.54) is 24.3 Å². The Morgan fingerprint density at radius 2 is 1.81 bits per heavy atom. The highest BCUT2D eigenvalue weighted by molar-refractivity contribution is 6.30. The first kappa shape index (κ1) is 21.3. The molecule has 0 spiro atoms.